The monoisotopic (exact) mass is 388 g/mol. The summed E-state index contributed by atoms with van der Waals surface area (Å²) in [6.45, 7) is 7.57. The van der Waals surface area contributed by atoms with Crippen LogP contribution >= 0.6 is 0 Å². The Morgan fingerprint density at radius 2 is 1.97 bits per heavy atom. The van der Waals surface area contributed by atoms with Crippen LogP contribution in [0.3, 0.4) is 0 Å². The second-order valence-corrected chi connectivity index (χ2v) is 6.92. The van der Waals surface area contributed by atoms with Crippen LogP contribution in [0.5, 0.6) is 0 Å². The van der Waals surface area contributed by atoms with Crippen molar-refractivity contribution in [2.45, 2.75) is 39.9 Å². The van der Waals surface area contributed by atoms with Crippen LogP contribution in [0.15, 0.2) is 55.0 Å². The van der Waals surface area contributed by atoms with E-state index in [1.807, 2.05) is 72.7 Å². The molecule has 0 aliphatic heterocycles. The van der Waals surface area contributed by atoms with Crippen LogP contribution in [0.2, 0.25) is 0 Å². The van der Waals surface area contributed by atoms with E-state index in [2.05, 4.69) is 15.5 Å². The zero-order valence-electron chi connectivity index (χ0n) is 16.8. The molecule has 0 saturated heterocycles. The average molecular weight is 388 g/mol. The van der Waals surface area contributed by atoms with Crippen molar-refractivity contribution >= 4 is 16.8 Å². The van der Waals surface area contributed by atoms with Crippen LogP contribution in [0.4, 0.5) is 0 Å². The maximum absolute atomic E-state index is 13.2. The van der Waals surface area contributed by atoms with Crippen molar-refractivity contribution in [2.24, 2.45) is 0 Å². The summed E-state index contributed by atoms with van der Waals surface area (Å²) in [5, 5.41) is 12.6. The van der Waals surface area contributed by atoms with Crippen LogP contribution < -0.4 is 5.32 Å². The van der Waals surface area contributed by atoms with Gasteiger partial charge in [-0.2, -0.15) is 10.2 Å². The lowest BCUT2D eigenvalue weighted by Gasteiger charge is -2.16. The van der Waals surface area contributed by atoms with Crippen molar-refractivity contribution in [1.29, 1.82) is 0 Å². The molecule has 0 aliphatic rings. The average Bonchev–Trinajstić information content (AvgIpc) is 3.42. The van der Waals surface area contributed by atoms with Gasteiger partial charge in [0.1, 0.15) is 0 Å². The highest BCUT2D eigenvalue weighted by Crippen LogP contribution is 2.25. The molecule has 0 aliphatic carbocycles. The van der Waals surface area contributed by atoms with Crippen molar-refractivity contribution in [1.82, 2.24) is 29.9 Å². The number of para-hydroxylation sites is 1. The number of carbonyl (C=O) groups excluding carboxylic acids is 1. The minimum Gasteiger partial charge on any atom is -0.344 e. The summed E-state index contributed by atoms with van der Waals surface area (Å²) in [7, 11) is 0. The number of aryl methyl sites for hydroxylation is 2. The number of carbonyl (C=O) groups is 1. The van der Waals surface area contributed by atoms with Crippen molar-refractivity contribution in [3.05, 3.63) is 66.2 Å². The third-order valence-corrected chi connectivity index (χ3v) is 5.05. The molecule has 0 spiro atoms. The SMILES string of the molecule is CCn1cc(-c2cc(C(=O)NC(C)c3ccnn3CC)c3ccccc3n2)cn1. The predicted molar refractivity (Wildman–Crippen MR) is 112 cm³/mol. The number of hydrogen-bond acceptors (Lipinski definition) is 4. The van der Waals surface area contributed by atoms with Gasteiger partial charge in [-0.25, -0.2) is 4.98 Å². The molecule has 1 aromatic carbocycles. The summed E-state index contributed by atoms with van der Waals surface area (Å²) in [5.41, 5.74) is 3.99. The number of fused-ring (bicyclic) bond motifs is 1. The van der Waals surface area contributed by atoms with Crippen LogP contribution in [-0.2, 0) is 13.1 Å². The van der Waals surface area contributed by atoms with Crippen molar-refractivity contribution < 1.29 is 4.79 Å². The number of rotatable bonds is 6. The standard InChI is InChI=1S/C22H24N6O/c1-4-27-14-16(13-24-27)20-12-18(17-8-6-7-9-19(17)26-20)22(29)25-15(3)21-10-11-23-28(21)5-2/h6-15H,4-5H2,1-3H3,(H,25,29). The molecule has 7 heteroatoms. The van der Waals surface area contributed by atoms with Gasteiger partial charge >= 0.3 is 0 Å². The largest absolute Gasteiger partial charge is 0.344 e. The molecule has 0 fully saturated rings. The fourth-order valence-electron chi connectivity index (χ4n) is 3.50. The van der Waals surface area contributed by atoms with E-state index in [0.717, 1.165) is 40.9 Å². The molecule has 7 nitrogen and oxygen atoms in total. The Labute approximate surface area is 169 Å². The van der Waals surface area contributed by atoms with Gasteiger partial charge in [0.15, 0.2) is 0 Å². The van der Waals surface area contributed by atoms with Gasteiger partial charge in [0.25, 0.3) is 5.91 Å². The molecule has 4 rings (SSSR count). The van der Waals surface area contributed by atoms with Gasteiger partial charge in [-0.1, -0.05) is 18.2 Å². The molecule has 4 aromatic rings. The molecule has 148 valence electrons. The smallest absolute Gasteiger partial charge is 0.252 e. The lowest BCUT2D eigenvalue weighted by atomic mass is 10.0. The molecule has 0 bridgehead atoms. The van der Waals surface area contributed by atoms with E-state index < -0.39 is 0 Å². The number of amides is 1. The lowest BCUT2D eigenvalue weighted by molar-refractivity contribution is 0.0940. The van der Waals surface area contributed by atoms with E-state index in [1.54, 1.807) is 12.4 Å². The highest BCUT2D eigenvalue weighted by molar-refractivity contribution is 6.07. The molecular weight excluding hydrogens is 364 g/mol. The highest BCUT2D eigenvalue weighted by atomic mass is 16.1. The summed E-state index contributed by atoms with van der Waals surface area (Å²) in [5.74, 6) is -0.135. The number of hydrogen-bond donors (Lipinski definition) is 1. The van der Waals surface area contributed by atoms with Gasteiger partial charge in [-0.15, -0.1) is 0 Å². The van der Waals surface area contributed by atoms with Crippen LogP contribution in [0.1, 0.15) is 42.9 Å². The van der Waals surface area contributed by atoms with Crippen LogP contribution in [-0.4, -0.2) is 30.5 Å². The topological polar surface area (TPSA) is 77.6 Å². The third kappa shape index (κ3) is 3.63. The molecule has 1 atom stereocenters. The Bertz CT molecular complexity index is 1160. The molecule has 0 radical (unpaired) electrons. The molecule has 1 N–H and O–H groups in total. The van der Waals surface area contributed by atoms with Gasteiger partial charge in [0, 0.05) is 36.4 Å². The summed E-state index contributed by atoms with van der Waals surface area (Å²) >= 11 is 0. The zero-order chi connectivity index (χ0) is 20.4. The van der Waals surface area contributed by atoms with Gasteiger partial charge in [-0.3, -0.25) is 14.2 Å². The van der Waals surface area contributed by atoms with E-state index in [1.165, 1.54) is 0 Å². The van der Waals surface area contributed by atoms with Crippen LogP contribution in [0, 0.1) is 0 Å². The zero-order valence-corrected chi connectivity index (χ0v) is 16.8. The van der Waals surface area contributed by atoms with Gasteiger partial charge in [-0.05, 0) is 39.0 Å². The number of nitrogens with one attached hydrogen (secondary N) is 1. The predicted octanol–water partition coefficient (Wildman–Crippen LogP) is 3.83. The summed E-state index contributed by atoms with van der Waals surface area (Å²) in [4.78, 5) is 18.0. The summed E-state index contributed by atoms with van der Waals surface area (Å²) < 4.78 is 3.74. The van der Waals surface area contributed by atoms with Crippen molar-refractivity contribution in [2.75, 3.05) is 0 Å². The Morgan fingerprint density at radius 1 is 1.14 bits per heavy atom. The Balaban J connectivity index is 1.72. The molecule has 1 unspecified atom stereocenters. The normalized spacial score (nSPS) is 12.2. The van der Waals surface area contributed by atoms with Crippen LogP contribution in [0.25, 0.3) is 22.2 Å². The quantitative estimate of drug-likeness (QED) is 0.545. The first-order chi connectivity index (χ1) is 14.1. The third-order valence-electron chi connectivity index (χ3n) is 5.05. The first-order valence-corrected chi connectivity index (χ1v) is 9.85. The summed E-state index contributed by atoms with van der Waals surface area (Å²) in [6, 6.07) is 11.3. The molecular formula is C22H24N6O. The first kappa shape index (κ1) is 18.9. The van der Waals surface area contributed by atoms with Gasteiger partial charge in [0.05, 0.1) is 34.7 Å². The molecule has 29 heavy (non-hydrogen) atoms. The number of aromatic nitrogens is 5. The Kier molecular flexibility index (Phi) is 5.12. The van der Waals surface area contributed by atoms with E-state index in [-0.39, 0.29) is 11.9 Å². The van der Waals surface area contributed by atoms with Gasteiger partial charge in [0.2, 0.25) is 0 Å². The number of nitrogens with zero attached hydrogens (tertiary/aromatic N) is 5. The molecule has 3 heterocycles. The van der Waals surface area contributed by atoms with E-state index >= 15 is 0 Å². The van der Waals surface area contributed by atoms with E-state index in [0.29, 0.717) is 5.56 Å². The maximum atomic E-state index is 13.2. The number of pyridine rings is 1. The van der Waals surface area contributed by atoms with E-state index in [4.69, 9.17) is 4.98 Å². The fraction of sp³-hybridized carbons (Fsp3) is 0.273. The highest BCUT2D eigenvalue weighted by Gasteiger charge is 2.18. The Morgan fingerprint density at radius 3 is 2.72 bits per heavy atom. The van der Waals surface area contributed by atoms with Crippen molar-refractivity contribution in [3.8, 4) is 11.3 Å². The Hall–Kier alpha value is -3.48. The minimum absolute atomic E-state index is 0.135. The maximum Gasteiger partial charge on any atom is 0.252 e. The number of benzene rings is 1. The molecule has 0 saturated carbocycles. The lowest BCUT2D eigenvalue weighted by Crippen LogP contribution is -2.28. The molecule has 1 amide bonds. The van der Waals surface area contributed by atoms with E-state index in [9.17, 15) is 4.79 Å². The minimum atomic E-state index is -0.164. The van der Waals surface area contributed by atoms with Crippen molar-refractivity contribution in [3.63, 3.8) is 0 Å². The van der Waals surface area contributed by atoms with Gasteiger partial charge < -0.3 is 5.32 Å². The first-order valence-electron chi connectivity index (χ1n) is 9.85. The second kappa shape index (κ2) is 7.87. The second-order valence-electron chi connectivity index (χ2n) is 6.92. The fourth-order valence-corrected chi connectivity index (χ4v) is 3.50. The molecule has 3 aromatic heterocycles. The summed E-state index contributed by atoms with van der Waals surface area (Å²) in [6.07, 6.45) is 5.48.